The number of amides is 1. The second kappa shape index (κ2) is 9.45. The minimum Gasteiger partial charge on any atom is -0.497 e. The Hall–Kier alpha value is -1.84. The van der Waals surface area contributed by atoms with E-state index in [9.17, 15) is 4.79 Å². The van der Waals surface area contributed by atoms with Crippen molar-refractivity contribution in [2.75, 3.05) is 38.0 Å². The van der Waals surface area contributed by atoms with Crippen molar-refractivity contribution in [1.29, 1.82) is 0 Å². The van der Waals surface area contributed by atoms with Gasteiger partial charge >= 0.3 is 0 Å². The quantitative estimate of drug-likeness (QED) is 0.520. The van der Waals surface area contributed by atoms with Crippen LogP contribution in [0.1, 0.15) is 6.92 Å². The number of nitrogens with one attached hydrogen (secondary N) is 2. The lowest BCUT2D eigenvalue weighted by atomic mass is 10.3. The molecule has 0 spiro atoms. The fraction of sp³-hybridized carbons (Fsp3) is 0.400. The summed E-state index contributed by atoms with van der Waals surface area (Å²) in [6, 6.07) is 7.21. The van der Waals surface area contributed by atoms with E-state index in [0.29, 0.717) is 13.2 Å². The molecule has 0 radical (unpaired) electrons. The van der Waals surface area contributed by atoms with Gasteiger partial charge in [-0.2, -0.15) is 0 Å². The van der Waals surface area contributed by atoms with Crippen molar-refractivity contribution in [3.63, 3.8) is 0 Å². The highest BCUT2D eigenvalue weighted by Gasteiger charge is 2.17. The minimum absolute atomic E-state index is 0.0886. The van der Waals surface area contributed by atoms with E-state index < -0.39 is 0 Å². The molecule has 1 aromatic heterocycles. The van der Waals surface area contributed by atoms with Gasteiger partial charge in [-0.1, -0.05) is 23.1 Å². The molecule has 130 valence electrons. The molecule has 24 heavy (non-hydrogen) atoms. The molecule has 1 aromatic carbocycles. The monoisotopic (exact) mass is 368 g/mol. The van der Waals surface area contributed by atoms with E-state index >= 15 is 0 Å². The summed E-state index contributed by atoms with van der Waals surface area (Å²) < 4.78 is 10.8. The van der Waals surface area contributed by atoms with Crippen LogP contribution >= 0.6 is 23.1 Å². The molecule has 9 heteroatoms. The Labute approximate surface area is 149 Å². The van der Waals surface area contributed by atoms with Gasteiger partial charge in [-0.3, -0.25) is 4.79 Å². The molecule has 2 aromatic rings. The van der Waals surface area contributed by atoms with E-state index in [1.165, 1.54) is 23.1 Å². The normalized spacial score (nSPS) is 11.8. The zero-order valence-corrected chi connectivity index (χ0v) is 15.4. The van der Waals surface area contributed by atoms with E-state index in [1.807, 2.05) is 6.92 Å². The van der Waals surface area contributed by atoms with Gasteiger partial charge in [-0.05, 0) is 31.2 Å². The van der Waals surface area contributed by atoms with Crippen molar-refractivity contribution < 1.29 is 14.3 Å². The summed E-state index contributed by atoms with van der Waals surface area (Å²) in [5, 5.41) is 14.5. The third-order valence-electron chi connectivity index (χ3n) is 2.99. The fourth-order valence-electron chi connectivity index (χ4n) is 1.71. The average Bonchev–Trinajstić information content (AvgIpc) is 3.03. The molecule has 1 unspecified atom stereocenters. The zero-order valence-electron chi connectivity index (χ0n) is 13.7. The lowest BCUT2D eigenvalue weighted by Gasteiger charge is -2.10. The third-order valence-corrected chi connectivity index (χ3v) is 5.06. The molecule has 0 aliphatic carbocycles. The van der Waals surface area contributed by atoms with E-state index in [1.54, 1.807) is 38.5 Å². The second-order valence-electron chi connectivity index (χ2n) is 4.77. The Bertz CT molecular complexity index is 648. The summed E-state index contributed by atoms with van der Waals surface area (Å²) in [5.74, 6) is 0.659. The van der Waals surface area contributed by atoms with E-state index in [2.05, 4.69) is 20.8 Å². The first-order valence-electron chi connectivity index (χ1n) is 7.30. The maximum Gasteiger partial charge on any atom is 0.237 e. The fourth-order valence-corrected chi connectivity index (χ4v) is 3.63. The van der Waals surface area contributed by atoms with Crippen LogP contribution in [0.2, 0.25) is 0 Å². The SMILES string of the molecule is COCCNc1nnc(SC(C)C(=O)Nc2ccc(OC)cc2)s1. The van der Waals surface area contributed by atoms with Gasteiger partial charge in [-0.25, -0.2) is 0 Å². The van der Waals surface area contributed by atoms with Crippen LogP contribution in [0.25, 0.3) is 0 Å². The van der Waals surface area contributed by atoms with Crippen molar-refractivity contribution in [2.45, 2.75) is 16.5 Å². The van der Waals surface area contributed by atoms with Gasteiger partial charge < -0.3 is 20.1 Å². The standard InChI is InChI=1S/C15H20N4O3S2/c1-10(13(20)17-11-4-6-12(22-3)7-5-11)23-15-19-18-14(24-15)16-8-9-21-2/h4-7,10H,8-9H2,1-3H3,(H,16,18)(H,17,20). The molecule has 0 aliphatic heterocycles. The summed E-state index contributed by atoms with van der Waals surface area (Å²) >= 11 is 2.79. The summed E-state index contributed by atoms with van der Waals surface area (Å²) in [5.41, 5.74) is 0.729. The maximum atomic E-state index is 12.3. The van der Waals surface area contributed by atoms with Gasteiger partial charge in [0.2, 0.25) is 11.0 Å². The number of benzene rings is 1. The van der Waals surface area contributed by atoms with E-state index in [-0.39, 0.29) is 11.2 Å². The predicted molar refractivity (Wildman–Crippen MR) is 97.2 cm³/mol. The van der Waals surface area contributed by atoms with Crippen LogP contribution in [0, 0.1) is 0 Å². The molecule has 0 saturated carbocycles. The number of aromatic nitrogens is 2. The van der Waals surface area contributed by atoms with Crippen LogP contribution in [-0.4, -0.2) is 48.7 Å². The average molecular weight is 368 g/mol. The van der Waals surface area contributed by atoms with Crippen molar-refractivity contribution in [2.24, 2.45) is 0 Å². The van der Waals surface area contributed by atoms with Crippen LogP contribution in [0.5, 0.6) is 5.75 Å². The first-order valence-corrected chi connectivity index (χ1v) is 9.00. The molecule has 0 aliphatic rings. The van der Waals surface area contributed by atoms with E-state index in [0.717, 1.165) is 20.9 Å². The number of anilines is 2. The number of ether oxygens (including phenoxy) is 2. The van der Waals surface area contributed by atoms with Crippen molar-refractivity contribution in [3.8, 4) is 5.75 Å². The van der Waals surface area contributed by atoms with Crippen LogP contribution in [0.3, 0.4) is 0 Å². The highest BCUT2D eigenvalue weighted by Crippen LogP contribution is 2.29. The van der Waals surface area contributed by atoms with Crippen molar-refractivity contribution in [1.82, 2.24) is 10.2 Å². The topological polar surface area (TPSA) is 85.4 Å². The van der Waals surface area contributed by atoms with Gasteiger partial charge in [0.05, 0.1) is 19.0 Å². The number of hydrogen-bond donors (Lipinski definition) is 2. The Morgan fingerprint density at radius 2 is 2.04 bits per heavy atom. The molecule has 0 saturated heterocycles. The second-order valence-corrected chi connectivity index (χ2v) is 7.34. The first-order chi connectivity index (χ1) is 11.6. The van der Waals surface area contributed by atoms with Gasteiger partial charge in [-0.15, -0.1) is 10.2 Å². The Morgan fingerprint density at radius 3 is 2.71 bits per heavy atom. The molecule has 0 fully saturated rings. The summed E-state index contributed by atoms with van der Waals surface area (Å²) in [4.78, 5) is 12.3. The molecule has 2 N–H and O–H groups in total. The summed E-state index contributed by atoms with van der Waals surface area (Å²) in [6.07, 6.45) is 0. The first kappa shape index (κ1) is 18.5. The van der Waals surface area contributed by atoms with Crippen LogP contribution < -0.4 is 15.4 Å². The number of rotatable bonds is 9. The van der Waals surface area contributed by atoms with Crippen LogP contribution in [0.4, 0.5) is 10.8 Å². The lowest BCUT2D eigenvalue weighted by molar-refractivity contribution is -0.115. The molecular weight excluding hydrogens is 348 g/mol. The summed E-state index contributed by atoms with van der Waals surface area (Å²) in [6.45, 7) is 3.11. The Kier molecular flexibility index (Phi) is 7.29. The Balaban J connectivity index is 1.84. The molecule has 1 amide bonds. The van der Waals surface area contributed by atoms with Crippen LogP contribution in [0.15, 0.2) is 28.6 Å². The van der Waals surface area contributed by atoms with Gasteiger partial charge in [0.15, 0.2) is 4.34 Å². The largest absolute Gasteiger partial charge is 0.497 e. The summed E-state index contributed by atoms with van der Waals surface area (Å²) in [7, 11) is 3.25. The number of methoxy groups -OCH3 is 2. The van der Waals surface area contributed by atoms with Crippen LogP contribution in [-0.2, 0) is 9.53 Å². The molecule has 1 atom stereocenters. The minimum atomic E-state index is -0.285. The number of carbonyl (C=O) groups excluding carboxylic acids is 1. The van der Waals surface area contributed by atoms with Gasteiger partial charge in [0.25, 0.3) is 0 Å². The van der Waals surface area contributed by atoms with E-state index in [4.69, 9.17) is 9.47 Å². The highest BCUT2D eigenvalue weighted by molar-refractivity contribution is 8.02. The predicted octanol–water partition coefficient (Wildman–Crippen LogP) is 2.72. The molecule has 7 nitrogen and oxygen atoms in total. The molecule has 2 rings (SSSR count). The van der Waals surface area contributed by atoms with Gasteiger partial charge in [0, 0.05) is 19.3 Å². The molecule has 0 bridgehead atoms. The Morgan fingerprint density at radius 1 is 1.29 bits per heavy atom. The van der Waals surface area contributed by atoms with Gasteiger partial charge in [0.1, 0.15) is 5.75 Å². The highest BCUT2D eigenvalue weighted by atomic mass is 32.2. The number of thioether (sulfide) groups is 1. The van der Waals surface area contributed by atoms with Crippen molar-refractivity contribution in [3.05, 3.63) is 24.3 Å². The third kappa shape index (κ3) is 5.66. The zero-order chi connectivity index (χ0) is 17.4. The molecular formula is C15H20N4O3S2. The molecule has 1 heterocycles. The number of nitrogens with zero attached hydrogens (tertiary/aromatic N) is 2. The number of carbonyl (C=O) groups is 1. The lowest BCUT2D eigenvalue weighted by Crippen LogP contribution is -2.22. The maximum absolute atomic E-state index is 12.3. The van der Waals surface area contributed by atoms with Crippen molar-refractivity contribution >= 4 is 39.8 Å². The smallest absolute Gasteiger partial charge is 0.237 e. The number of hydrogen-bond acceptors (Lipinski definition) is 8.